The minimum absolute atomic E-state index is 0.0505. The molecule has 0 bridgehead atoms. The topological polar surface area (TPSA) is 158 Å². The maximum Gasteiger partial charge on any atom is 0.272 e. The molecule has 0 heterocycles. The number of rotatable bonds is 14. The Bertz CT molecular complexity index is 1860. The number of methoxy groups -OCH3 is 3. The standard InChI is InChI=1S/C36H36N4O8S/c1-6-32(36(43)38-28-16-15-26(40(44)45)17-22(28)2)49-27-14-10-13-25(21-27)37-35(42)29(39-34(41)24-11-8-7-9-12-24)18-23-19-30(46-3)33(48-5)31(20-23)47-4/h7-21,32H,6H2,1-5H3,(H,37,42)(H,38,43)(H,39,41)/b29-18+. The Balaban J connectivity index is 1.57. The molecule has 0 aliphatic carbocycles. The van der Waals surface area contributed by atoms with E-state index in [1.807, 2.05) is 13.0 Å². The lowest BCUT2D eigenvalue weighted by Crippen LogP contribution is -2.30. The van der Waals surface area contributed by atoms with E-state index in [-0.39, 0.29) is 17.3 Å². The van der Waals surface area contributed by atoms with Crippen molar-refractivity contribution < 1.29 is 33.5 Å². The summed E-state index contributed by atoms with van der Waals surface area (Å²) < 4.78 is 16.3. The molecular formula is C36H36N4O8S. The van der Waals surface area contributed by atoms with Crippen molar-refractivity contribution in [2.75, 3.05) is 32.0 Å². The predicted octanol–water partition coefficient (Wildman–Crippen LogP) is 6.85. The molecule has 0 aromatic heterocycles. The third-order valence-corrected chi connectivity index (χ3v) is 8.60. The fourth-order valence-corrected chi connectivity index (χ4v) is 5.75. The van der Waals surface area contributed by atoms with Crippen molar-refractivity contribution in [3.8, 4) is 17.2 Å². The van der Waals surface area contributed by atoms with Gasteiger partial charge < -0.3 is 30.2 Å². The van der Waals surface area contributed by atoms with Crippen LogP contribution in [-0.2, 0) is 9.59 Å². The van der Waals surface area contributed by atoms with Gasteiger partial charge in [0.1, 0.15) is 5.70 Å². The van der Waals surface area contributed by atoms with E-state index in [2.05, 4.69) is 16.0 Å². The lowest BCUT2D eigenvalue weighted by atomic mass is 10.1. The zero-order valence-corrected chi connectivity index (χ0v) is 28.4. The maximum atomic E-state index is 13.7. The minimum atomic E-state index is -0.599. The van der Waals surface area contributed by atoms with Gasteiger partial charge >= 0.3 is 0 Å². The Kier molecular flexibility index (Phi) is 12.4. The average Bonchev–Trinajstić information content (AvgIpc) is 3.10. The number of benzene rings is 4. The van der Waals surface area contributed by atoms with Crippen molar-refractivity contribution in [3.63, 3.8) is 0 Å². The van der Waals surface area contributed by atoms with Crippen molar-refractivity contribution in [2.24, 2.45) is 0 Å². The molecule has 0 spiro atoms. The fraction of sp³-hybridized carbons (Fsp3) is 0.194. The molecule has 0 fully saturated rings. The van der Waals surface area contributed by atoms with Crippen LogP contribution in [0.25, 0.3) is 6.08 Å². The summed E-state index contributed by atoms with van der Waals surface area (Å²) in [4.78, 5) is 51.4. The van der Waals surface area contributed by atoms with Gasteiger partial charge in [0, 0.05) is 34.0 Å². The van der Waals surface area contributed by atoms with Gasteiger partial charge in [-0.1, -0.05) is 31.2 Å². The Labute approximate surface area is 288 Å². The van der Waals surface area contributed by atoms with E-state index in [9.17, 15) is 24.5 Å². The van der Waals surface area contributed by atoms with Crippen molar-refractivity contribution >= 4 is 52.6 Å². The zero-order valence-electron chi connectivity index (χ0n) is 27.6. The summed E-state index contributed by atoms with van der Waals surface area (Å²) in [5, 5.41) is 19.0. The highest BCUT2D eigenvalue weighted by atomic mass is 32.2. The van der Waals surface area contributed by atoms with Crippen LogP contribution in [0.3, 0.4) is 0 Å². The van der Waals surface area contributed by atoms with Gasteiger partial charge in [-0.15, -0.1) is 11.8 Å². The summed E-state index contributed by atoms with van der Waals surface area (Å²) in [5.41, 5.74) is 2.24. The zero-order chi connectivity index (χ0) is 35.5. The molecule has 4 aromatic carbocycles. The Morgan fingerprint density at radius 2 is 1.57 bits per heavy atom. The number of nitro benzene ring substituents is 1. The van der Waals surface area contributed by atoms with E-state index in [4.69, 9.17) is 14.2 Å². The summed E-state index contributed by atoms with van der Waals surface area (Å²) in [6, 6.07) is 23.0. The monoisotopic (exact) mass is 684 g/mol. The van der Waals surface area contributed by atoms with Crippen LogP contribution in [0, 0.1) is 17.0 Å². The minimum Gasteiger partial charge on any atom is -0.493 e. The molecule has 0 radical (unpaired) electrons. The van der Waals surface area contributed by atoms with Gasteiger partial charge in [-0.2, -0.15) is 0 Å². The van der Waals surface area contributed by atoms with E-state index in [0.717, 1.165) is 0 Å². The number of hydrogen-bond donors (Lipinski definition) is 3. The molecule has 49 heavy (non-hydrogen) atoms. The number of thioether (sulfide) groups is 1. The van der Waals surface area contributed by atoms with E-state index >= 15 is 0 Å². The van der Waals surface area contributed by atoms with Crippen molar-refractivity contribution in [2.45, 2.75) is 30.4 Å². The molecule has 0 saturated heterocycles. The van der Waals surface area contributed by atoms with Gasteiger partial charge in [0.15, 0.2) is 11.5 Å². The van der Waals surface area contributed by atoms with Crippen LogP contribution in [0.1, 0.15) is 34.8 Å². The van der Waals surface area contributed by atoms with Gasteiger partial charge in [-0.25, -0.2) is 0 Å². The van der Waals surface area contributed by atoms with Crippen LogP contribution < -0.4 is 30.2 Å². The summed E-state index contributed by atoms with van der Waals surface area (Å²) in [7, 11) is 4.43. The molecule has 1 unspecified atom stereocenters. The molecule has 0 aliphatic heterocycles. The first-order valence-corrected chi connectivity index (χ1v) is 16.0. The second-order valence-electron chi connectivity index (χ2n) is 10.6. The number of anilines is 2. The second-order valence-corrected chi connectivity index (χ2v) is 11.9. The molecule has 13 heteroatoms. The van der Waals surface area contributed by atoms with Crippen molar-refractivity contribution in [1.29, 1.82) is 0 Å². The van der Waals surface area contributed by atoms with Crippen LogP contribution in [0.5, 0.6) is 17.2 Å². The van der Waals surface area contributed by atoms with Gasteiger partial charge in [0.25, 0.3) is 17.5 Å². The summed E-state index contributed by atoms with van der Waals surface area (Å²) in [6.07, 6.45) is 1.99. The Hall–Kier alpha value is -5.82. The molecule has 3 N–H and O–H groups in total. The summed E-state index contributed by atoms with van der Waals surface area (Å²) in [5.74, 6) is -0.247. The molecule has 0 aliphatic rings. The Morgan fingerprint density at radius 1 is 0.878 bits per heavy atom. The molecule has 4 aromatic rings. The van der Waals surface area contributed by atoms with Gasteiger partial charge in [0.2, 0.25) is 11.7 Å². The van der Waals surface area contributed by atoms with E-state index in [1.165, 1.54) is 57.4 Å². The normalized spacial score (nSPS) is 11.6. The molecule has 0 saturated carbocycles. The van der Waals surface area contributed by atoms with E-state index in [1.54, 1.807) is 67.6 Å². The summed E-state index contributed by atoms with van der Waals surface area (Å²) >= 11 is 1.31. The van der Waals surface area contributed by atoms with Gasteiger partial charge in [-0.3, -0.25) is 24.5 Å². The van der Waals surface area contributed by atoms with E-state index < -0.39 is 22.0 Å². The van der Waals surface area contributed by atoms with Crippen LogP contribution in [0.15, 0.2) is 95.5 Å². The lowest BCUT2D eigenvalue weighted by Gasteiger charge is -2.17. The van der Waals surface area contributed by atoms with Crippen LogP contribution in [-0.4, -0.2) is 49.2 Å². The van der Waals surface area contributed by atoms with Crippen LogP contribution in [0.4, 0.5) is 17.1 Å². The Morgan fingerprint density at radius 3 is 2.16 bits per heavy atom. The summed E-state index contributed by atoms with van der Waals surface area (Å²) in [6.45, 7) is 3.57. The maximum absolute atomic E-state index is 13.7. The number of hydrogen-bond acceptors (Lipinski definition) is 9. The molecule has 1 atom stereocenters. The lowest BCUT2D eigenvalue weighted by molar-refractivity contribution is -0.384. The predicted molar refractivity (Wildman–Crippen MR) is 189 cm³/mol. The van der Waals surface area contributed by atoms with Crippen LogP contribution >= 0.6 is 11.8 Å². The molecule has 4 rings (SSSR count). The molecule has 3 amide bonds. The number of nitro groups is 1. The SMILES string of the molecule is CCC(Sc1cccc(NC(=O)/C(=C\c2cc(OC)c(OC)c(OC)c2)NC(=O)c2ccccc2)c1)C(=O)Nc1ccc([N+](=O)[O-])cc1C. The third-order valence-electron chi connectivity index (χ3n) is 7.24. The van der Waals surface area contributed by atoms with E-state index in [0.29, 0.717) is 56.6 Å². The quantitative estimate of drug-likeness (QED) is 0.0559. The van der Waals surface area contributed by atoms with Gasteiger partial charge in [0.05, 0.1) is 31.5 Å². The molecule has 254 valence electrons. The number of aryl methyl sites for hydroxylation is 1. The largest absolute Gasteiger partial charge is 0.493 e. The van der Waals surface area contributed by atoms with Crippen LogP contribution in [0.2, 0.25) is 0 Å². The highest BCUT2D eigenvalue weighted by Crippen LogP contribution is 2.39. The molecular weight excluding hydrogens is 648 g/mol. The number of ether oxygens (including phenoxy) is 3. The smallest absolute Gasteiger partial charge is 0.272 e. The highest BCUT2D eigenvalue weighted by molar-refractivity contribution is 8.00. The van der Waals surface area contributed by atoms with Crippen molar-refractivity contribution in [3.05, 3.63) is 117 Å². The average molecular weight is 685 g/mol. The molecule has 12 nitrogen and oxygen atoms in total. The second kappa shape index (κ2) is 16.8. The fourth-order valence-electron chi connectivity index (χ4n) is 4.74. The van der Waals surface area contributed by atoms with Crippen molar-refractivity contribution in [1.82, 2.24) is 5.32 Å². The number of non-ortho nitro benzene ring substituents is 1. The number of nitrogens with one attached hydrogen (secondary N) is 3. The third kappa shape index (κ3) is 9.39. The number of amides is 3. The number of carbonyl (C=O) groups is 3. The first-order valence-electron chi connectivity index (χ1n) is 15.1. The number of nitrogens with zero attached hydrogens (tertiary/aromatic N) is 1. The highest BCUT2D eigenvalue weighted by Gasteiger charge is 2.21. The van der Waals surface area contributed by atoms with Gasteiger partial charge in [-0.05, 0) is 79.1 Å². The first kappa shape index (κ1) is 36.0. The first-order chi connectivity index (χ1) is 23.6. The number of carbonyl (C=O) groups excluding carboxylic acids is 3.